The molecule has 2 aromatic carbocycles. The Morgan fingerprint density at radius 3 is 2.17 bits per heavy atom. The van der Waals surface area contributed by atoms with Crippen LogP contribution in [-0.2, 0) is 0 Å². The van der Waals surface area contributed by atoms with E-state index in [1.807, 2.05) is 37.3 Å². The number of aryl methyl sites for hydroxylation is 3. The van der Waals surface area contributed by atoms with Crippen molar-refractivity contribution in [2.45, 2.75) is 33.6 Å². The zero-order valence-electron chi connectivity index (χ0n) is 14.4. The molecule has 0 radical (unpaired) electrons. The van der Waals surface area contributed by atoms with Crippen LogP contribution in [0.25, 0.3) is 0 Å². The molecule has 0 aliphatic heterocycles. The van der Waals surface area contributed by atoms with E-state index in [1.54, 1.807) is 6.08 Å². The van der Waals surface area contributed by atoms with Gasteiger partial charge in [0.1, 0.15) is 0 Å². The van der Waals surface area contributed by atoms with Gasteiger partial charge in [-0.05, 0) is 43.5 Å². The van der Waals surface area contributed by atoms with Gasteiger partial charge in [-0.15, -0.1) is 0 Å². The maximum atomic E-state index is 12.2. The van der Waals surface area contributed by atoms with E-state index in [4.69, 9.17) is 0 Å². The fourth-order valence-electron chi connectivity index (χ4n) is 2.65. The molecule has 0 spiro atoms. The Kier molecular flexibility index (Phi) is 5.33. The summed E-state index contributed by atoms with van der Waals surface area (Å²) in [6.07, 6.45) is 3.46. The molecule has 1 unspecified atom stereocenters. The summed E-state index contributed by atoms with van der Waals surface area (Å²) < 4.78 is 0. The molecule has 0 aliphatic rings. The predicted octanol–water partition coefficient (Wildman–Crippen LogP) is 5.71. The minimum absolute atomic E-state index is 0.0129. The highest BCUT2D eigenvalue weighted by atomic mass is 16.1. The topological polar surface area (TPSA) is 17.1 Å². The predicted molar refractivity (Wildman–Crippen MR) is 98.1 cm³/mol. The first kappa shape index (κ1) is 17.0. The van der Waals surface area contributed by atoms with Gasteiger partial charge >= 0.3 is 0 Å². The lowest BCUT2D eigenvalue weighted by molar-refractivity contribution is 0.104. The molecular weight excluding hydrogens is 280 g/mol. The highest BCUT2D eigenvalue weighted by molar-refractivity contribution is 6.04. The van der Waals surface area contributed by atoms with Gasteiger partial charge in [-0.25, -0.2) is 0 Å². The van der Waals surface area contributed by atoms with Crippen molar-refractivity contribution >= 4 is 5.78 Å². The van der Waals surface area contributed by atoms with Crippen LogP contribution in [0.15, 0.2) is 66.8 Å². The van der Waals surface area contributed by atoms with Crippen LogP contribution < -0.4 is 0 Å². The molecule has 0 heterocycles. The Balaban J connectivity index is 2.11. The minimum atomic E-state index is 0.0129. The first-order chi connectivity index (χ1) is 10.9. The normalized spacial score (nSPS) is 12.3. The summed E-state index contributed by atoms with van der Waals surface area (Å²) in [5.41, 5.74) is 6.58. The van der Waals surface area contributed by atoms with Gasteiger partial charge in [-0.3, -0.25) is 4.79 Å². The fraction of sp³-hybridized carbons (Fsp3) is 0.227. The third-order valence-electron chi connectivity index (χ3n) is 4.23. The monoisotopic (exact) mass is 304 g/mol. The second-order valence-corrected chi connectivity index (χ2v) is 6.22. The Morgan fingerprint density at radius 1 is 0.957 bits per heavy atom. The summed E-state index contributed by atoms with van der Waals surface area (Å²) in [7, 11) is 0. The summed E-state index contributed by atoms with van der Waals surface area (Å²) in [4.78, 5) is 12.2. The van der Waals surface area contributed by atoms with Gasteiger partial charge in [0, 0.05) is 11.5 Å². The quantitative estimate of drug-likeness (QED) is 0.393. The highest BCUT2D eigenvalue weighted by Gasteiger charge is 2.11. The molecular formula is C22H24O. The summed E-state index contributed by atoms with van der Waals surface area (Å²) in [5.74, 6) is 0.205. The zero-order valence-corrected chi connectivity index (χ0v) is 14.4. The summed E-state index contributed by atoms with van der Waals surface area (Å²) in [6, 6.07) is 14.1. The van der Waals surface area contributed by atoms with E-state index < -0.39 is 0 Å². The Labute approximate surface area is 139 Å². The van der Waals surface area contributed by atoms with E-state index in [2.05, 4.69) is 45.5 Å². The van der Waals surface area contributed by atoms with Gasteiger partial charge < -0.3 is 0 Å². The molecule has 118 valence electrons. The van der Waals surface area contributed by atoms with Crippen molar-refractivity contribution in [3.05, 3.63) is 94.6 Å². The van der Waals surface area contributed by atoms with Crippen molar-refractivity contribution in [3.63, 3.8) is 0 Å². The molecule has 0 amide bonds. The second-order valence-electron chi connectivity index (χ2n) is 6.22. The molecule has 1 atom stereocenters. The van der Waals surface area contributed by atoms with Crippen LogP contribution in [0.5, 0.6) is 0 Å². The third-order valence-corrected chi connectivity index (χ3v) is 4.23. The molecule has 0 bridgehead atoms. The summed E-state index contributed by atoms with van der Waals surface area (Å²) in [6.45, 7) is 12.5. The molecule has 0 saturated heterocycles. The van der Waals surface area contributed by atoms with Crippen molar-refractivity contribution < 1.29 is 4.79 Å². The number of allylic oxidation sites excluding steroid dienone is 3. The van der Waals surface area contributed by atoms with E-state index in [0.29, 0.717) is 5.56 Å². The molecule has 0 fully saturated rings. The molecule has 0 saturated carbocycles. The van der Waals surface area contributed by atoms with Crippen LogP contribution in [0, 0.1) is 20.8 Å². The Hall–Kier alpha value is -2.41. The average molecular weight is 304 g/mol. The molecule has 2 aromatic rings. The van der Waals surface area contributed by atoms with Gasteiger partial charge in [0.05, 0.1) is 0 Å². The van der Waals surface area contributed by atoms with Crippen molar-refractivity contribution in [2.24, 2.45) is 0 Å². The molecule has 1 nitrogen and oxygen atoms in total. The van der Waals surface area contributed by atoms with E-state index in [-0.39, 0.29) is 11.7 Å². The third kappa shape index (κ3) is 4.29. The lowest BCUT2D eigenvalue weighted by Gasteiger charge is -2.15. The maximum Gasteiger partial charge on any atom is 0.185 e. The van der Waals surface area contributed by atoms with E-state index in [0.717, 1.165) is 11.1 Å². The van der Waals surface area contributed by atoms with Gasteiger partial charge in [0.25, 0.3) is 0 Å². The van der Waals surface area contributed by atoms with Crippen LogP contribution in [0.2, 0.25) is 0 Å². The van der Waals surface area contributed by atoms with E-state index >= 15 is 0 Å². The van der Waals surface area contributed by atoms with Gasteiger partial charge in [-0.1, -0.05) is 73.2 Å². The van der Waals surface area contributed by atoms with Crippen LogP contribution in [0.3, 0.4) is 0 Å². The molecule has 2 rings (SSSR count). The van der Waals surface area contributed by atoms with Crippen LogP contribution >= 0.6 is 0 Å². The van der Waals surface area contributed by atoms with Crippen molar-refractivity contribution in [3.8, 4) is 0 Å². The number of ketones is 1. The van der Waals surface area contributed by atoms with Crippen LogP contribution in [0.1, 0.15) is 45.5 Å². The first-order valence-electron chi connectivity index (χ1n) is 7.93. The highest BCUT2D eigenvalue weighted by Crippen LogP contribution is 2.27. The van der Waals surface area contributed by atoms with Gasteiger partial charge in [-0.2, -0.15) is 0 Å². The molecule has 23 heavy (non-hydrogen) atoms. The van der Waals surface area contributed by atoms with Crippen molar-refractivity contribution in [2.75, 3.05) is 0 Å². The van der Waals surface area contributed by atoms with Crippen LogP contribution in [0.4, 0.5) is 0 Å². The zero-order chi connectivity index (χ0) is 17.0. The Morgan fingerprint density at radius 2 is 1.57 bits per heavy atom. The smallest absolute Gasteiger partial charge is 0.185 e. The molecule has 0 N–H and O–H groups in total. The van der Waals surface area contributed by atoms with Crippen LogP contribution in [-0.4, -0.2) is 5.78 Å². The molecule has 0 aromatic heterocycles. The average Bonchev–Trinajstić information content (AvgIpc) is 2.52. The summed E-state index contributed by atoms with van der Waals surface area (Å²) >= 11 is 0. The number of hydrogen-bond donors (Lipinski definition) is 0. The van der Waals surface area contributed by atoms with E-state index in [9.17, 15) is 4.79 Å². The molecule has 1 heteroatoms. The maximum absolute atomic E-state index is 12.2. The minimum Gasteiger partial charge on any atom is -0.289 e. The van der Waals surface area contributed by atoms with E-state index in [1.165, 1.54) is 16.7 Å². The number of hydrogen-bond acceptors (Lipinski definition) is 1. The number of rotatable bonds is 5. The van der Waals surface area contributed by atoms with Gasteiger partial charge in [0.15, 0.2) is 5.78 Å². The number of carbonyl (C=O) groups is 1. The van der Waals surface area contributed by atoms with Gasteiger partial charge in [0.2, 0.25) is 0 Å². The lowest BCUT2D eigenvalue weighted by atomic mass is 9.89. The van der Waals surface area contributed by atoms with Crippen molar-refractivity contribution in [1.82, 2.24) is 0 Å². The molecule has 0 aliphatic carbocycles. The largest absolute Gasteiger partial charge is 0.289 e. The van der Waals surface area contributed by atoms with Crippen molar-refractivity contribution in [1.29, 1.82) is 0 Å². The lowest BCUT2D eigenvalue weighted by Crippen LogP contribution is -2.00. The second kappa shape index (κ2) is 7.23. The first-order valence-corrected chi connectivity index (χ1v) is 7.93. The summed E-state index contributed by atoms with van der Waals surface area (Å²) in [5, 5.41) is 0. The Bertz CT molecular complexity index is 748. The number of carbonyl (C=O) groups excluding carboxylic acids is 1. The number of benzene rings is 2. The fourth-order valence-corrected chi connectivity index (χ4v) is 2.65. The standard InChI is InChI=1S/C22H24O/c1-15-6-10-20(11-7-15)22(23)13-9-17(3)19(5)21-12-8-16(2)14-18(21)4/h6-14,19H,3H2,1-2,4-5H3/b13-9+. The SMILES string of the molecule is C=C(/C=C/C(=O)c1ccc(C)cc1)C(C)c1ccc(C)cc1C.